The van der Waals surface area contributed by atoms with Gasteiger partial charge in [-0.2, -0.15) is 0 Å². The van der Waals surface area contributed by atoms with Crippen LogP contribution in [-0.2, 0) is 14.3 Å². The van der Waals surface area contributed by atoms with Crippen molar-refractivity contribution in [2.45, 2.75) is 44.8 Å². The lowest BCUT2D eigenvalue weighted by atomic mass is 9.61. The second kappa shape index (κ2) is 3.58. The molecule has 0 saturated carbocycles. The number of nitrogens with one attached hydrogen (secondary N) is 1. The van der Waals surface area contributed by atoms with E-state index in [0.29, 0.717) is 0 Å². The summed E-state index contributed by atoms with van der Waals surface area (Å²) in [4.78, 5) is 12.1. The van der Waals surface area contributed by atoms with Crippen LogP contribution in [0.2, 0.25) is 0 Å². The summed E-state index contributed by atoms with van der Waals surface area (Å²) < 4.78 is 11.4. The minimum atomic E-state index is -0.219. The van der Waals surface area contributed by atoms with Crippen molar-refractivity contribution in [1.82, 2.24) is 5.32 Å². The van der Waals surface area contributed by atoms with Crippen molar-refractivity contribution < 1.29 is 14.3 Å². The Morgan fingerprint density at radius 2 is 1.95 bits per heavy atom. The largest absolute Gasteiger partial charge is 0.348 e. The predicted octanol–water partition coefficient (Wildman–Crippen LogP) is 2.07. The summed E-state index contributed by atoms with van der Waals surface area (Å²) in [5, 5.41) is 3.13. The molecule has 2 fully saturated rings. The third kappa shape index (κ3) is 1.38. The van der Waals surface area contributed by atoms with Gasteiger partial charge in [0.1, 0.15) is 0 Å². The Kier molecular flexibility index (Phi) is 2.16. The lowest BCUT2D eigenvalue weighted by Gasteiger charge is -2.56. The SMILES string of the molecule is CC1OC(C2(C)CC3C(=O)NC2c2ccccc23)O1. The Labute approximate surface area is 112 Å². The van der Waals surface area contributed by atoms with E-state index in [0.717, 1.165) is 6.42 Å². The van der Waals surface area contributed by atoms with Crippen molar-refractivity contribution in [3.8, 4) is 0 Å². The van der Waals surface area contributed by atoms with E-state index in [1.807, 2.05) is 19.1 Å². The molecular weight excluding hydrogens is 242 g/mol. The molecule has 3 unspecified atom stereocenters. The molecule has 3 atom stereocenters. The summed E-state index contributed by atoms with van der Waals surface area (Å²) in [6, 6.07) is 8.18. The smallest absolute Gasteiger partial charge is 0.228 e. The van der Waals surface area contributed by atoms with Crippen LogP contribution in [0.4, 0.5) is 0 Å². The topological polar surface area (TPSA) is 47.6 Å². The molecule has 19 heavy (non-hydrogen) atoms. The molecule has 4 heteroatoms. The van der Waals surface area contributed by atoms with Crippen LogP contribution in [0.15, 0.2) is 24.3 Å². The molecule has 1 aromatic carbocycles. The Morgan fingerprint density at radius 1 is 1.26 bits per heavy atom. The normalized spacial score (nSPS) is 43.4. The van der Waals surface area contributed by atoms with E-state index in [9.17, 15) is 4.79 Å². The molecule has 0 spiro atoms. The molecule has 3 heterocycles. The summed E-state index contributed by atoms with van der Waals surface area (Å²) in [6.45, 7) is 4.05. The number of rotatable bonds is 1. The quantitative estimate of drug-likeness (QED) is 0.840. The Morgan fingerprint density at radius 3 is 2.63 bits per heavy atom. The van der Waals surface area contributed by atoms with Crippen molar-refractivity contribution in [2.75, 3.05) is 0 Å². The summed E-state index contributed by atoms with van der Waals surface area (Å²) in [7, 11) is 0. The molecule has 100 valence electrons. The van der Waals surface area contributed by atoms with Crippen LogP contribution >= 0.6 is 0 Å². The van der Waals surface area contributed by atoms with Gasteiger partial charge in [-0.25, -0.2) is 0 Å². The molecule has 3 aliphatic heterocycles. The van der Waals surface area contributed by atoms with Gasteiger partial charge >= 0.3 is 0 Å². The van der Waals surface area contributed by atoms with Gasteiger partial charge in [0.2, 0.25) is 5.91 Å². The van der Waals surface area contributed by atoms with E-state index in [4.69, 9.17) is 9.47 Å². The first-order valence-electron chi connectivity index (χ1n) is 6.80. The lowest BCUT2D eigenvalue weighted by Crippen LogP contribution is -2.61. The van der Waals surface area contributed by atoms with E-state index >= 15 is 0 Å². The maximum absolute atomic E-state index is 12.1. The van der Waals surface area contributed by atoms with Crippen LogP contribution in [0.3, 0.4) is 0 Å². The molecule has 4 nitrogen and oxygen atoms in total. The van der Waals surface area contributed by atoms with Crippen LogP contribution < -0.4 is 5.32 Å². The zero-order chi connectivity index (χ0) is 13.2. The van der Waals surface area contributed by atoms with Crippen LogP contribution in [0, 0.1) is 5.41 Å². The van der Waals surface area contributed by atoms with E-state index in [2.05, 4.69) is 24.4 Å². The fraction of sp³-hybridized carbons (Fsp3) is 0.533. The highest BCUT2D eigenvalue weighted by molar-refractivity contribution is 5.88. The summed E-state index contributed by atoms with van der Waals surface area (Å²) >= 11 is 0. The number of carbonyl (C=O) groups excluding carboxylic acids is 1. The molecule has 0 radical (unpaired) electrons. The predicted molar refractivity (Wildman–Crippen MR) is 68.2 cm³/mol. The first-order valence-corrected chi connectivity index (χ1v) is 6.80. The van der Waals surface area contributed by atoms with Gasteiger partial charge in [0, 0.05) is 5.41 Å². The standard InChI is InChI=1S/C15H17NO3/c1-8-18-14(19-8)15(2)7-11-9-5-3-4-6-10(9)12(15)16-13(11)17/h3-6,8,11-12,14H,7H2,1-2H3,(H,16,17). The molecule has 4 aliphatic rings. The highest BCUT2D eigenvalue weighted by atomic mass is 16.9. The van der Waals surface area contributed by atoms with E-state index in [-0.39, 0.29) is 35.9 Å². The Bertz CT molecular complexity index is 552. The lowest BCUT2D eigenvalue weighted by molar-refractivity contribution is -0.414. The molecule has 2 saturated heterocycles. The Balaban J connectivity index is 1.78. The van der Waals surface area contributed by atoms with Gasteiger partial charge in [0.05, 0.1) is 12.0 Å². The van der Waals surface area contributed by atoms with Gasteiger partial charge in [-0.05, 0) is 24.5 Å². The third-order valence-electron chi connectivity index (χ3n) is 4.76. The third-order valence-corrected chi connectivity index (χ3v) is 4.76. The van der Waals surface area contributed by atoms with Gasteiger partial charge in [0.15, 0.2) is 12.6 Å². The minimum absolute atomic E-state index is 0.0151. The highest BCUT2D eigenvalue weighted by Crippen LogP contribution is 2.56. The first-order chi connectivity index (χ1) is 9.09. The number of amides is 1. The number of ether oxygens (including phenoxy) is 2. The molecular formula is C15H17NO3. The number of piperidine rings is 1. The van der Waals surface area contributed by atoms with Crippen LogP contribution in [0.5, 0.6) is 0 Å². The monoisotopic (exact) mass is 259 g/mol. The van der Waals surface area contributed by atoms with Gasteiger partial charge in [-0.15, -0.1) is 0 Å². The summed E-state index contributed by atoms with van der Waals surface area (Å²) in [6.07, 6.45) is 0.440. The van der Waals surface area contributed by atoms with E-state index in [1.165, 1.54) is 11.1 Å². The fourth-order valence-corrected chi connectivity index (χ4v) is 3.73. The zero-order valence-electron chi connectivity index (χ0n) is 11.1. The highest BCUT2D eigenvalue weighted by Gasteiger charge is 2.58. The molecule has 1 aromatic rings. The van der Waals surface area contributed by atoms with Crippen molar-refractivity contribution in [3.05, 3.63) is 35.4 Å². The van der Waals surface area contributed by atoms with Crippen molar-refractivity contribution in [1.29, 1.82) is 0 Å². The number of benzene rings is 1. The maximum Gasteiger partial charge on any atom is 0.228 e. The maximum atomic E-state index is 12.1. The zero-order valence-corrected chi connectivity index (χ0v) is 11.1. The number of hydrogen-bond acceptors (Lipinski definition) is 3. The molecule has 0 aromatic heterocycles. The second-order valence-corrected chi connectivity index (χ2v) is 6.00. The average Bonchev–Trinajstić information content (AvgIpc) is 2.37. The molecule has 1 amide bonds. The van der Waals surface area contributed by atoms with E-state index in [1.54, 1.807) is 0 Å². The first kappa shape index (κ1) is 11.4. The average molecular weight is 259 g/mol. The van der Waals surface area contributed by atoms with Gasteiger partial charge < -0.3 is 14.8 Å². The van der Waals surface area contributed by atoms with Crippen LogP contribution in [0.25, 0.3) is 0 Å². The van der Waals surface area contributed by atoms with Crippen molar-refractivity contribution >= 4 is 5.91 Å². The summed E-state index contributed by atoms with van der Waals surface area (Å²) in [5.74, 6) is 0.0582. The number of hydrogen-bond donors (Lipinski definition) is 1. The number of carbonyl (C=O) groups is 1. The van der Waals surface area contributed by atoms with Gasteiger partial charge in [-0.3, -0.25) is 4.79 Å². The van der Waals surface area contributed by atoms with E-state index < -0.39 is 0 Å². The molecule has 1 N–H and O–H groups in total. The fourth-order valence-electron chi connectivity index (χ4n) is 3.73. The molecule has 5 rings (SSSR count). The van der Waals surface area contributed by atoms with Gasteiger partial charge in [-0.1, -0.05) is 31.2 Å². The number of fused-ring (bicyclic) bond motifs is 2. The van der Waals surface area contributed by atoms with Gasteiger partial charge in [0.25, 0.3) is 0 Å². The molecule has 2 bridgehead atoms. The van der Waals surface area contributed by atoms with Crippen molar-refractivity contribution in [3.63, 3.8) is 0 Å². The van der Waals surface area contributed by atoms with Crippen LogP contribution in [-0.4, -0.2) is 18.5 Å². The van der Waals surface area contributed by atoms with Crippen LogP contribution in [0.1, 0.15) is 43.4 Å². The minimum Gasteiger partial charge on any atom is -0.348 e. The second-order valence-electron chi connectivity index (χ2n) is 6.00. The Hall–Kier alpha value is -1.39. The summed E-state index contributed by atoms with van der Waals surface area (Å²) in [5.41, 5.74) is 2.20. The molecule has 1 aliphatic carbocycles. The van der Waals surface area contributed by atoms with Crippen molar-refractivity contribution in [2.24, 2.45) is 5.41 Å².